The van der Waals surface area contributed by atoms with E-state index in [-0.39, 0.29) is 18.4 Å². The topological polar surface area (TPSA) is 116 Å². The van der Waals surface area contributed by atoms with Gasteiger partial charge in [-0.3, -0.25) is 19.3 Å². The second kappa shape index (κ2) is 6.55. The summed E-state index contributed by atoms with van der Waals surface area (Å²) in [7, 11) is 0. The van der Waals surface area contributed by atoms with E-state index in [1.165, 1.54) is 0 Å². The number of carbonyl (C=O) groups excluding carboxylic acids is 3. The fourth-order valence-electron chi connectivity index (χ4n) is 2.16. The van der Waals surface area contributed by atoms with Crippen LogP contribution in [0, 0.1) is 5.41 Å². The number of hydrogen-bond donors (Lipinski definition) is 3. The van der Waals surface area contributed by atoms with Gasteiger partial charge in [0.25, 0.3) is 5.91 Å². The van der Waals surface area contributed by atoms with Crippen molar-refractivity contribution in [2.24, 2.45) is 5.41 Å². The van der Waals surface area contributed by atoms with E-state index in [2.05, 4.69) is 10.6 Å². The molecule has 8 nitrogen and oxygen atoms in total. The number of urea groups is 1. The Bertz CT molecular complexity index is 439. The number of amides is 4. The van der Waals surface area contributed by atoms with Crippen LogP contribution in [-0.2, 0) is 14.4 Å². The summed E-state index contributed by atoms with van der Waals surface area (Å²) < 4.78 is 0. The van der Waals surface area contributed by atoms with E-state index in [9.17, 15) is 19.2 Å². The third kappa shape index (κ3) is 5.80. The zero-order chi connectivity index (χ0) is 16.2. The Balaban J connectivity index is 2.61. The lowest BCUT2D eigenvalue weighted by atomic mass is 9.87. The van der Waals surface area contributed by atoms with E-state index in [1.54, 1.807) is 0 Å². The van der Waals surface area contributed by atoms with Crippen molar-refractivity contribution in [3.05, 3.63) is 0 Å². The van der Waals surface area contributed by atoms with Crippen LogP contribution in [0.15, 0.2) is 0 Å². The molecular formula is C13H21N3O5. The summed E-state index contributed by atoms with van der Waals surface area (Å²) in [5, 5.41) is 13.8. The Hall–Kier alpha value is -2.12. The summed E-state index contributed by atoms with van der Waals surface area (Å²) in [6.07, 6.45) is 0.272. The molecule has 0 spiro atoms. The maximum absolute atomic E-state index is 11.9. The van der Waals surface area contributed by atoms with E-state index < -0.39 is 36.4 Å². The predicted molar refractivity (Wildman–Crippen MR) is 73.4 cm³/mol. The summed E-state index contributed by atoms with van der Waals surface area (Å²) in [6, 6.07) is -1.16. The van der Waals surface area contributed by atoms with Gasteiger partial charge in [0.05, 0.1) is 13.0 Å². The number of aliphatic carboxylic acids is 1. The number of carbonyl (C=O) groups is 4. The number of carboxylic acid groups (broad SMARTS) is 1. The minimum absolute atomic E-state index is 0.118. The van der Waals surface area contributed by atoms with Gasteiger partial charge < -0.3 is 15.7 Å². The second-order valence-electron chi connectivity index (χ2n) is 6.27. The minimum Gasteiger partial charge on any atom is -0.481 e. The molecule has 0 radical (unpaired) electrons. The highest BCUT2D eigenvalue weighted by atomic mass is 16.4. The van der Waals surface area contributed by atoms with Gasteiger partial charge in [-0.2, -0.15) is 0 Å². The van der Waals surface area contributed by atoms with Gasteiger partial charge in [0, 0.05) is 6.04 Å². The molecule has 1 aliphatic rings. The molecule has 0 bridgehead atoms. The number of imide groups is 1. The van der Waals surface area contributed by atoms with Crippen molar-refractivity contribution in [2.75, 3.05) is 13.1 Å². The maximum Gasteiger partial charge on any atom is 0.325 e. The molecule has 1 rings (SSSR count). The highest BCUT2D eigenvalue weighted by Gasteiger charge is 2.31. The van der Waals surface area contributed by atoms with Crippen LogP contribution in [-0.4, -0.2) is 53.0 Å². The largest absolute Gasteiger partial charge is 0.481 e. The summed E-state index contributed by atoms with van der Waals surface area (Å²) in [5.74, 6) is -2.03. The SMILES string of the molecule is CC(C)(C)CC(CC(=O)O)NC(=O)CN1C(=O)CNC1=O. The smallest absolute Gasteiger partial charge is 0.325 e. The van der Waals surface area contributed by atoms with Crippen molar-refractivity contribution in [1.82, 2.24) is 15.5 Å². The quantitative estimate of drug-likeness (QED) is 0.594. The second-order valence-corrected chi connectivity index (χ2v) is 6.27. The molecule has 1 unspecified atom stereocenters. The van der Waals surface area contributed by atoms with Crippen LogP contribution in [0.2, 0.25) is 0 Å². The first-order valence-corrected chi connectivity index (χ1v) is 6.68. The van der Waals surface area contributed by atoms with Crippen LogP contribution >= 0.6 is 0 Å². The molecule has 0 aromatic rings. The van der Waals surface area contributed by atoms with Crippen LogP contribution in [0.1, 0.15) is 33.6 Å². The first kappa shape index (κ1) is 16.9. The van der Waals surface area contributed by atoms with Gasteiger partial charge in [0.1, 0.15) is 6.54 Å². The molecule has 1 aliphatic heterocycles. The molecule has 8 heteroatoms. The minimum atomic E-state index is -1.01. The van der Waals surface area contributed by atoms with Crippen LogP contribution in [0.4, 0.5) is 4.79 Å². The van der Waals surface area contributed by atoms with E-state index in [1.807, 2.05) is 20.8 Å². The van der Waals surface area contributed by atoms with Gasteiger partial charge in [0.15, 0.2) is 0 Å². The molecule has 3 N–H and O–H groups in total. The Morgan fingerprint density at radius 1 is 1.38 bits per heavy atom. The van der Waals surface area contributed by atoms with E-state index in [0.29, 0.717) is 6.42 Å². The number of rotatable bonds is 6. The van der Waals surface area contributed by atoms with Gasteiger partial charge in [-0.15, -0.1) is 0 Å². The van der Waals surface area contributed by atoms with Crippen molar-refractivity contribution < 1.29 is 24.3 Å². The third-order valence-corrected chi connectivity index (χ3v) is 2.88. The van der Waals surface area contributed by atoms with Crippen molar-refractivity contribution >= 4 is 23.8 Å². The zero-order valence-electron chi connectivity index (χ0n) is 12.4. The number of hydrogen-bond acceptors (Lipinski definition) is 4. The van der Waals surface area contributed by atoms with Gasteiger partial charge in [0.2, 0.25) is 5.91 Å². The first-order chi connectivity index (χ1) is 9.58. The molecule has 118 valence electrons. The Kier molecular flexibility index (Phi) is 5.28. The summed E-state index contributed by atoms with van der Waals surface area (Å²) in [5.41, 5.74) is -0.158. The molecule has 0 saturated carbocycles. The predicted octanol–water partition coefficient (Wildman–Crippen LogP) is -0.0661. The lowest BCUT2D eigenvalue weighted by Gasteiger charge is -2.26. The normalized spacial score (nSPS) is 16.6. The van der Waals surface area contributed by atoms with Crippen molar-refractivity contribution in [2.45, 2.75) is 39.7 Å². The number of nitrogens with one attached hydrogen (secondary N) is 2. The van der Waals surface area contributed by atoms with Gasteiger partial charge in [-0.1, -0.05) is 20.8 Å². The zero-order valence-corrected chi connectivity index (χ0v) is 12.4. The average molecular weight is 299 g/mol. The maximum atomic E-state index is 11.9. The standard InChI is InChI=1S/C13H21N3O5/c1-13(2,3)5-8(4-11(19)20)15-9(17)7-16-10(18)6-14-12(16)21/h8H,4-7H2,1-3H3,(H,14,21)(H,15,17)(H,19,20). The summed E-state index contributed by atoms with van der Waals surface area (Å²) >= 11 is 0. The summed E-state index contributed by atoms with van der Waals surface area (Å²) in [6.45, 7) is 5.29. The monoisotopic (exact) mass is 299 g/mol. The first-order valence-electron chi connectivity index (χ1n) is 6.68. The Morgan fingerprint density at radius 2 is 2.00 bits per heavy atom. The number of nitrogens with zero attached hydrogens (tertiary/aromatic N) is 1. The molecule has 1 heterocycles. The van der Waals surface area contributed by atoms with E-state index in [4.69, 9.17) is 5.11 Å². The molecule has 0 aliphatic carbocycles. The average Bonchev–Trinajstić information content (AvgIpc) is 2.57. The highest BCUT2D eigenvalue weighted by molar-refractivity contribution is 6.04. The lowest BCUT2D eigenvalue weighted by molar-refractivity contribution is -0.138. The van der Waals surface area contributed by atoms with Crippen molar-refractivity contribution in [3.63, 3.8) is 0 Å². The molecule has 1 atom stereocenters. The number of carboxylic acids is 1. The molecule has 1 saturated heterocycles. The van der Waals surface area contributed by atoms with Crippen molar-refractivity contribution in [3.8, 4) is 0 Å². The van der Waals surface area contributed by atoms with Gasteiger partial charge in [-0.25, -0.2) is 4.79 Å². The molecule has 1 fully saturated rings. The van der Waals surface area contributed by atoms with Crippen LogP contribution in [0.3, 0.4) is 0 Å². The lowest BCUT2D eigenvalue weighted by Crippen LogP contribution is -2.46. The van der Waals surface area contributed by atoms with Gasteiger partial charge in [-0.05, 0) is 11.8 Å². The fraction of sp³-hybridized carbons (Fsp3) is 0.692. The van der Waals surface area contributed by atoms with E-state index >= 15 is 0 Å². The van der Waals surface area contributed by atoms with Gasteiger partial charge >= 0.3 is 12.0 Å². The molecule has 21 heavy (non-hydrogen) atoms. The van der Waals surface area contributed by atoms with Crippen LogP contribution < -0.4 is 10.6 Å². The van der Waals surface area contributed by atoms with E-state index in [0.717, 1.165) is 4.90 Å². The van der Waals surface area contributed by atoms with Crippen LogP contribution in [0.5, 0.6) is 0 Å². The molecular weight excluding hydrogens is 278 g/mol. The highest BCUT2D eigenvalue weighted by Crippen LogP contribution is 2.22. The fourth-order valence-corrected chi connectivity index (χ4v) is 2.16. The molecule has 0 aromatic carbocycles. The summed E-state index contributed by atoms with van der Waals surface area (Å²) in [4.78, 5) is 46.3. The van der Waals surface area contributed by atoms with Crippen molar-refractivity contribution in [1.29, 1.82) is 0 Å². The molecule has 0 aromatic heterocycles. The molecule has 4 amide bonds. The van der Waals surface area contributed by atoms with Crippen LogP contribution in [0.25, 0.3) is 0 Å². The Morgan fingerprint density at radius 3 is 2.43 bits per heavy atom. The third-order valence-electron chi connectivity index (χ3n) is 2.88. The Labute approximate surface area is 122 Å².